The molecule has 2 rings (SSSR count). The van der Waals surface area contributed by atoms with Gasteiger partial charge in [0.05, 0.1) is 9.40 Å². The molecule has 0 fully saturated rings. The van der Waals surface area contributed by atoms with E-state index in [-0.39, 0.29) is 5.69 Å². The highest BCUT2D eigenvalue weighted by Crippen LogP contribution is 2.28. The Kier molecular flexibility index (Phi) is 4.29. The number of benzene rings is 1. The van der Waals surface area contributed by atoms with Crippen LogP contribution in [0, 0.1) is 17.0 Å². The number of halogens is 1. The van der Waals surface area contributed by atoms with Gasteiger partial charge in [-0.15, -0.1) is 0 Å². The van der Waals surface area contributed by atoms with Gasteiger partial charge in [-0.2, -0.15) is 0 Å². The Morgan fingerprint density at radius 3 is 2.85 bits per heavy atom. The molecule has 1 heterocycles. The average Bonchev–Trinajstić information content (AvgIpc) is 2.42. The Balaban J connectivity index is 2.53. The molecule has 0 spiro atoms. The minimum absolute atomic E-state index is 0.0297. The number of anilines is 1. The molecule has 0 unspecified atom stereocenters. The highest BCUT2D eigenvalue weighted by Gasteiger charge is 2.13. The first-order chi connectivity index (χ1) is 9.52. The van der Waals surface area contributed by atoms with Crippen molar-refractivity contribution in [2.24, 2.45) is 0 Å². The van der Waals surface area contributed by atoms with Gasteiger partial charge in [0.25, 0.3) is 5.69 Å². The third kappa shape index (κ3) is 2.93. The van der Waals surface area contributed by atoms with Crippen molar-refractivity contribution in [3.63, 3.8) is 0 Å². The van der Waals surface area contributed by atoms with Crippen molar-refractivity contribution in [1.82, 2.24) is 9.97 Å². The van der Waals surface area contributed by atoms with Crippen LogP contribution in [0.4, 0.5) is 11.5 Å². The van der Waals surface area contributed by atoms with E-state index in [1.807, 2.05) is 13.8 Å². The summed E-state index contributed by atoms with van der Waals surface area (Å²) in [6.07, 6.45) is 1.64. The molecule has 0 bridgehead atoms. The lowest BCUT2D eigenvalue weighted by atomic mass is 10.1. The van der Waals surface area contributed by atoms with Crippen LogP contribution < -0.4 is 5.32 Å². The van der Waals surface area contributed by atoms with E-state index in [2.05, 4.69) is 31.2 Å². The summed E-state index contributed by atoms with van der Waals surface area (Å²) in [6.45, 7) is 4.56. The van der Waals surface area contributed by atoms with Crippen molar-refractivity contribution in [3.8, 4) is 11.4 Å². The Labute approximate surface area is 124 Å². The SMILES string of the molecule is CCNc1nc(-c2cc([N+](=O)[O-])ccc2C)ncc1Br. The predicted octanol–water partition coefficient (Wildman–Crippen LogP) is 3.55. The van der Waals surface area contributed by atoms with E-state index < -0.39 is 4.92 Å². The summed E-state index contributed by atoms with van der Waals surface area (Å²) in [4.78, 5) is 19.1. The number of aromatic nitrogens is 2. The van der Waals surface area contributed by atoms with E-state index in [1.165, 1.54) is 12.1 Å². The quantitative estimate of drug-likeness (QED) is 0.681. The Hall–Kier alpha value is -2.02. The smallest absolute Gasteiger partial charge is 0.270 e. The summed E-state index contributed by atoms with van der Waals surface area (Å²) < 4.78 is 0.756. The number of hydrogen-bond acceptors (Lipinski definition) is 5. The van der Waals surface area contributed by atoms with Crippen LogP contribution in [0.25, 0.3) is 11.4 Å². The molecule has 1 N–H and O–H groups in total. The molecule has 0 radical (unpaired) electrons. The molecule has 0 amide bonds. The lowest BCUT2D eigenvalue weighted by Gasteiger charge is -2.09. The second-order valence-electron chi connectivity index (χ2n) is 4.18. The number of nitrogens with one attached hydrogen (secondary N) is 1. The van der Waals surface area contributed by atoms with E-state index >= 15 is 0 Å². The molecule has 1 aromatic carbocycles. The highest BCUT2D eigenvalue weighted by atomic mass is 79.9. The van der Waals surface area contributed by atoms with Crippen LogP contribution in [0.1, 0.15) is 12.5 Å². The largest absolute Gasteiger partial charge is 0.369 e. The maximum atomic E-state index is 10.9. The number of nitro groups is 1. The van der Waals surface area contributed by atoms with E-state index in [0.29, 0.717) is 17.2 Å². The van der Waals surface area contributed by atoms with Crippen molar-refractivity contribution >= 4 is 27.4 Å². The highest BCUT2D eigenvalue weighted by molar-refractivity contribution is 9.10. The average molecular weight is 337 g/mol. The number of non-ortho nitro benzene ring substituents is 1. The molecule has 2 aromatic rings. The standard InChI is InChI=1S/C13H13BrN4O2/c1-3-15-13-11(14)7-16-12(17-13)10-6-9(18(19)20)5-4-8(10)2/h4-7H,3H2,1-2H3,(H,15,16,17). The van der Waals surface area contributed by atoms with E-state index in [1.54, 1.807) is 12.3 Å². The van der Waals surface area contributed by atoms with Gasteiger partial charge < -0.3 is 5.32 Å². The summed E-state index contributed by atoms with van der Waals surface area (Å²) in [6, 6.07) is 4.67. The number of nitro benzene ring substituents is 1. The molecule has 0 atom stereocenters. The Morgan fingerprint density at radius 1 is 1.45 bits per heavy atom. The van der Waals surface area contributed by atoms with Crippen LogP contribution in [0.15, 0.2) is 28.9 Å². The van der Waals surface area contributed by atoms with Crippen LogP contribution in [-0.4, -0.2) is 21.4 Å². The third-order valence-electron chi connectivity index (χ3n) is 2.76. The van der Waals surface area contributed by atoms with Gasteiger partial charge in [0, 0.05) is 30.4 Å². The number of aryl methyl sites for hydroxylation is 1. The van der Waals surface area contributed by atoms with Crippen molar-refractivity contribution < 1.29 is 4.92 Å². The summed E-state index contributed by atoms with van der Waals surface area (Å²) in [5.74, 6) is 1.13. The van der Waals surface area contributed by atoms with E-state index in [0.717, 1.165) is 16.6 Å². The topological polar surface area (TPSA) is 81.0 Å². The minimum Gasteiger partial charge on any atom is -0.369 e. The Morgan fingerprint density at radius 2 is 2.20 bits per heavy atom. The monoisotopic (exact) mass is 336 g/mol. The fourth-order valence-corrected chi connectivity index (χ4v) is 2.08. The normalized spacial score (nSPS) is 10.3. The summed E-state index contributed by atoms with van der Waals surface area (Å²) in [5, 5.41) is 14.0. The lowest BCUT2D eigenvalue weighted by Crippen LogP contribution is -2.03. The zero-order valence-corrected chi connectivity index (χ0v) is 12.6. The third-order valence-corrected chi connectivity index (χ3v) is 3.34. The fourth-order valence-electron chi connectivity index (χ4n) is 1.75. The first kappa shape index (κ1) is 14.4. The van der Waals surface area contributed by atoms with Crippen LogP contribution in [-0.2, 0) is 0 Å². The molecular formula is C13H13BrN4O2. The molecule has 1 aromatic heterocycles. The molecule has 0 aliphatic carbocycles. The summed E-state index contributed by atoms with van der Waals surface area (Å²) in [7, 11) is 0. The van der Waals surface area contributed by atoms with Gasteiger partial charge in [0.2, 0.25) is 0 Å². The molecule has 7 heteroatoms. The second kappa shape index (κ2) is 5.96. The van der Waals surface area contributed by atoms with Crippen molar-refractivity contribution in [2.75, 3.05) is 11.9 Å². The molecule has 0 saturated heterocycles. The van der Waals surface area contributed by atoms with Gasteiger partial charge in [-0.25, -0.2) is 9.97 Å². The fraction of sp³-hybridized carbons (Fsp3) is 0.231. The summed E-state index contributed by atoms with van der Waals surface area (Å²) >= 11 is 3.36. The summed E-state index contributed by atoms with van der Waals surface area (Å²) in [5.41, 5.74) is 1.58. The number of nitrogens with zero attached hydrogens (tertiary/aromatic N) is 3. The van der Waals surface area contributed by atoms with Gasteiger partial charge in [0.1, 0.15) is 5.82 Å². The molecule has 0 aliphatic rings. The van der Waals surface area contributed by atoms with Crippen LogP contribution in [0.2, 0.25) is 0 Å². The van der Waals surface area contributed by atoms with Crippen LogP contribution in [0.5, 0.6) is 0 Å². The van der Waals surface area contributed by atoms with Crippen molar-refractivity contribution in [1.29, 1.82) is 0 Å². The van der Waals surface area contributed by atoms with Gasteiger partial charge in [-0.3, -0.25) is 10.1 Å². The number of rotatable bonds is 4. The van der Waals surface area contributed by atoms with Gasteiger partial charge in [0.15, 0.2) is 5.82 Å². The maximum Gasteiger partial charge on any atom is 0.270 e. The van der Waals surface area contributed by atoms with Crippen LogP contribution in [0.3, 0.4) is 0 Å². The first-order valence-electron chi connectivity index (χ1n) is 6.04. The van der Waals surface area contributed by atoms with Gasteiger partial charge in [-0.1, -0.05) is 6.07 Å². The maximum absolute atomic E-state index is 10.9. The zero-order valence-electron chi connectivity index (χ0n) is 11.1. The molecule has 0 saturated carbocycles. The first-order valence-corrected chi connectivity index (χ1v) is 6.84. The molecule has 104 valence electrons. The molecule has 20 heavy (non-hydrogen) atoms. The van der Waals surface area contributed by atoms with Gasteiger partial charge >= 0.3 is 0 Å². The molecule has 6 nitrogen and oxygen atoms in total. The van der Waals surface area contributed by atoms with Crippen molar-refractivity contribution in [2.45, 2.75) is 13.8 Å². The van der Waals surface area contributed by atoms with Gasteiger partial charge in [-0.05, 0) is 35.3 Å². The Bertz CT molecular complexity index is 661. The van der Waals surface area contributed by atoms with E-state index in [4.69, 9.17) is 0 Å². The molecular weight excluding hydrogens is 324 g/mol. The second-order valence-corrected chi connectivity index (χ2v) is 5.03. The van der Waals surface area contributed by atoms with Crippen molar-refractivity contribution in [3.05, 3.63) is 44.5 Å². The number of hydrogen-bond donors (Lipinski definition) is 1. The molecule has 0 aliphatic heterocycles. The van der Waals surface area contributed by atoms with Crippen LogP contribution >= 0.6 is 15.9 Å². The lowest BCUT2D eigenvalue weighted by molar-refractivity contribution is -0.384. The van der Waals surface area contributed by atoms with E-state index in [9.17, 15) is 10.1 Å². The predicted molar refractivity (Wildman–Crippen MR) is 80.7 cm³/mol. The minimum atomic E-state index is -0.424. The zero-order chi connectivity index (χ0) is 14.7.